The quantitative estimate of drug-likeness (QED) is 0.756. The molecule has 0 aliphatic carbocycles. The highest BCUT2D eigenvalue weighted by molar-refractivity contribution is 7.88. The number of benzene rings is 1. The van der Waals surface area contributed by atoms with Gasteiger partial charge in [-0.25, -0.2) is 13.6 Å². The third-order valence-electron chi connectivity index (χ3n) is 1.84. The van der Waals surface area contributed by atoms with E-state index in [-0.39, 0.29) is 0 Å². The van der Waals surface area contributed by atoms with E-state index in [4.69, 9.17) is 9.56 Å². The van der Waals surface area contributed by atoms with Crippen molar-refractivity contribution in [2.24, 2.45) is 5.14 Å². The van der Waals surface area contributed by atoms with Crippen LogP contribution in [0.3, 0.4) is 0 Å². The van der Waals surface area contributed by atoms with E-state index in [1.807, 2.05) is 0 Å². The summed E-state index contributed by atoms with van der Waals surface area (Å²) in [6.07, 6.45) is 0. The van der Waals surface area contributed by atoms with Gasteiger partial charge < -0.3 is 4.42 Å². The van der Waals surface area contributed by atoms with Crippen molar-refractivity contribution >= 4 is 21.1 Å². The molecule has 0 aliphatic rings. The van der Waals surface area contributed by atoms with Crippen molar-refractivity contribution in [1.82, 2.24) is 4.98 Å². The number of hydrogen-bond donors (Lipinski definition) is 1. The lowest BCUT2D eigenvalue weighted by Gasteiger charge is -1.89. The van der Waals surface area contributed by atoms with Crippen molar-refractivity contribution in [2.45, 2.75) is 12.1 Å². The zero-order valence-electron chi connectivity index (χ0n) is 7.39. The summed E-state index contributed by atoms with van der Waals surface area (Å²) in [5.41, 5.74) is 1.77. The topological polar surface area (TPSA) is 86.2 Å². The van der Waals surface area contributed by atoms with Crippen molar-refractivity contribution in [3.8, 4) is 0 Å². The van der Waals surface area contributed by atoms with Crippen LogP contribution in [0.1, 0.15) is 5.56 Å². The molecule has 0 saturated carbocycles. The number of fused-ring (bicyclic) bond motifs is 1. The number of nitrogens with two attached hydrogens (primary N) is 1. The second-order valence-electron chi connectivity index (χ2n) is 2.95. The molecule has 14 heavy (non-hydrogen) atoms. The molecule has 2 rings (SSSR count). The molecule has 0 radical (unpaired) electrons. The standard InChI is InChI=1S/C8H8N2O3S/c1-5-3-2-4-6-7(5)13-8(10-6)14(9,11)12/h2-4H,1H3,(H2,9,11,12). The fraction of sp³-hybridized carbons (Fsp3) is 0.125. The highest BCUT2D eigenvalue weighted by Crippen LogP contribution is 2.20. The van der Waals surface area contributed by atoms with Gasteiger partial charge in [-0.1, -0.05) is 12.1 Å². The van der Waals surface area contributed by atoms with Crippen LogP contribution in [0.15, 0.2) is 27.8 Å². The largest absolute Gasteiger partial charge is 0.427 e. The minimum atomic E-state index is -3.86. The van der Waals surface area contributed by atoms with Gasteiger partial charge in [0.15, 0.2) is 5.58 Å². The zero-order chi connectivity index (χ0) is 10.3. The van der Waals surface area contributed by atoms with Crippen LogP contribution in [-0.2, 0) is 10.0 Å². The van der Waals surface area contributed by atoms with Crippen molar-refractivity contribution in [2.75, 3.05) is 0 Å². The zero-order valence-corrected chi connectivity index (χ0v) is 8.21. The second-order valence-corrected chi connectivity index (χ2v) is 4.39. The Morgan fingerprint density at radius 3 is 2.71 bits per heavy atom. The van der Waals surface area contributed by atoms with E-state index < -0.39 is 15.2 Å². The molecule has 74 valence electrons. The van der Waals surface area contributed by atoms with Gasteiger partial charge in [-0.3, -0.25) is 0 Å². The Hall–Kier alpha value is -1.40. The smallest absolute Gasteiger partial charge is 0.331 e. The normalized spacial score (nSPS) is 12.1. The van der Waals surface area contributed by atoms with Crippen molar-refractivity contribution in [1.29, 1.82) is 0 Å². The molecular weight excluding hydrogens is 204 g/mol. The third-order valence-corrected chi connectivity index (χ3v) is 2.50. The molecule has 0 amide bonds. The highest BCUT2D eigenvalue weighted by atomic mass is 32.2. The van der Waals surface area contributed by atoms with Gasteiger partial charge in [0.25, 0.3) is 10.0 Å². The number of nitrogens with zero attached hydrogens (tertiary/aromatic N) is 1. The first-order valence-electron chi connectivity index (χ1n) is 3.87. The number of sulfonamides is 1. The maximum absolute atomic E-state index is 10.9. The number of para-hydroxylation sites is 1. The number of rotatable bonds is 1. The van der Waals surface area contributed by atoms with E-state index in [1.165, 1.54) is 0 Å². The fourth-order valence-electron chi connectivity index (χ4n) is 1.19. The Labute approximate surface area is 80.6 Å². The molecular formula is C8H8N2O3S. The van der Waals surface area contributed by atoms with Crippen molar-refractivity contribution < 1.29 is 12.8 Å². The lowest BCUT2D eigenvalue weighted by Crippen LogP contribution is -2.12. The summed E-state index contributed by atoms with van der Waals surface area (Å²) in [4.78, 5) is 3.77. The minimum absolute atomic E-state index is 0.443. The molecule has 0 aliphatic heterocycles. The van der Waals surface area contributed by atoms with E-state index in [9.17, 15) is 8.42 Å². The minimum Gasteiger partial charge on any atom is -0.427 e. The first-order valence-corrected chi connectivity index (χ1v) is 5.42. The van der Waals surface area contributed by atoms with Gasteiger partial charge in [0.1, 0.15) is 5.52 Å². The first kappa shape index (κ1) is 9.17. The summed E-state index contributed by atoms with van der Waals surface area (Å²) in [6.45, 7) is 1.81. The van der Waals surface area contributed by atoms with Gasteiger partial charge in [-0.15, -0.1) is 0 Å². The predicted molar refractivity (Wildman–Crippen MR) is 50.1 cm³/mol. The number of hydrogen-bond acceptors (Lipinski definition) is 4. The van der Waals surface area contributed by atoms with Crippen LogP contribution in [0.2, 0.25) is 0 Å². The molecule has 0 atom stereocenters. The maximum Gasteiger partial charge on any atom is 0.331 e. The number of aromatic nitrogens is 1. The molecule has 2 N–H and O–H groups in total. The lowest BCUT2D eigenvalue weighted by atomic mass is 10.2. The average molecular weight is 212 g/mol. The molecule has 0 fully saturated rings. The number of aryl methyl sites for hydroxylation is 1. The Balaban J connectivity index is 2.81. The van der Waals surface area contributed by atoms with Gasteiger partial charge in [0, 0.05) is 0 Å². The fourth-order valence-corrected chi connectivity index (χ4v) is 1.61. The van der Waals surface area contributed by atoms with Gasteiger partial charge in [0.2, 0.25) is 0 Å². The van der Waals surface area contributed by atoms with Crippen LogP contribution < -0.4 is 5.14 Å². The number of primary sulfonamides is 1. The van der Waals surface area contributed by atoms with Crippen molar-refractivity contribution in [3.05, 3.63) is 23.8 Å². The van der Waals surface area contributed by atoms with Gasteiger partial charge in [0.05, 0.1) is 0 Å². The Kier molecular flexibility index (Phi) is 1.83. The van der Waals surface area contributed by atoms with E-state index in [1.54, 1.807) is 25.1 Å². The van der Waals surface area contributed by atoms with E-state index >= 15 is 0 Å². The number of oxazole rings is 1. The summed E-state index contributed by atoms with van der Waals surface area (Å²) in [5.74, 6) is 0. The van der Waals surface area contributed by atoms with Crippen LogP contribution in [-0.4, -0.2) is 13.4 Å². The molecule has 1 aromatic carbocycles. The Morgan fingerprint density at radius 1 is 1.43 bits per heavy atom. The molecule has 0 bridgehead atoms. The molecule has 1 aromatic heterocycles. The molecule has 0 saturated heterocycles. The summed E-state index contributed by atoms with van der Waals surface area (Å²) >= 11 is 0. The summed E-state index contributed by atoms with van der Waals surface area (Å²) in [6, 6.07) is 5.24. The van der Waals surface area contributed by atoms with Crippen LogP contribution in [0.25, 0.3) is 11.1 Å². The Morgan fingerprint density at radius 2 is 2.14 bits per heavy atom. The second kappa shape index (κ2) is 2.79. The maximum atomic E-state index is 10.9. The van der Waals surface area contributed by atoms with E-state index in [0.29, 0.717) is 11.1 Å². The Bertz CT molecular complexity index is 586. The first-order chi connectivity index (χ1) is 6.48. The highest BCUT2D eigenvalue weighted by Gasteiger charge is 2.17. The summed E-state index contributed by atoms with van der Waals surface area (Å²) < 4.78 is 26.9. The van der Waals surface area contributed by atoms with Crippen LogP contribution in [0.5, 0.6) is 0 Å². The van der Waals surface area contributed by atoms with Crippen LogP contribution >= 0.6 is 0 Å². The van der Waals surface area contributed by atoms with Gasteiger partial charge in [-0.05, 0) is 18.6 Å². The monoisotopic (exact) mass is 212 g/mol. The van der Waals surface area contributed by atoms with Crippen molar-refractivity contribution in [3.63, 3.8) is 0 Å². The van der Waals surface area contributed by atoms with E-state index in [0.717, 1.165) is 5.56 Å². The molecule has 2 aromatic rings. The average Bonchev–Trinajstić information content (AvgIpc) is 2.48. The van der Waals surface area contributed by atoms with E-state index in [2.05, 4.69) is 4.98 Å². The predicted octanol–water partition coefficient (Wildman–Crippen LogP) is 0.784. The van der Waals surface area contributed by atoms with Crippen LogP contribution in [0.4, 0.5) is 0 Å². The van der Waals surface area contributed by atoms with Crippen LogP contribution in [0, 0.1) is 6.92 Å². The van der Waals surface area contributed by atoms with Gasteiger partial charge >= 0.3 is 5.22 Å². The molecule has 0 unspecified atom stereocenters. The van der Waals surface area contributed by atoms with Gasteiger partial charge in [-0.2, -0.15) is 4.98 Å². The molecule has 6 heteroatoms. The molecule has 1 heterocycles. The SMILES string of the molecule is Cc1cccc2nc(S(N)(=O)=O)oc12. The molecule has 0 spiro atoms. The molecule has 5 nitrogen and oxygen atoms in total. The lowest BCUT2D eigenvalue weighted by molar-refractivity contribution is 0.458. The summed E-state index contributed by atoms with van der Waals surface area (Å²) in [7, 11) is -3.86. The summed E-state index contributed by atoms with van der Waals surface area (Å²) in [5, 5.41) is 4.44. The third kappa shape index (κ3) is 1.38.